The van der Waals surface area contributed by atoms with E-state index in [0.29, 0.717) is 29.2 Å². The van der Waals surface area contributed by atoms with E-state index < -0.39 is 0 Å². The van der Waals surface area contributed by atoms with E-state index in [1.165, 1.54) is 12.8 Å². The number of nitrogens with zero attached hydrogens (tertiary/aromatic N) is 4. The van der Waals surface area contributed by atoms with Crippen molar-refractivity contribution in [3.63, 3.8) is 0 Å². The molecule has 1 aliphatic carbocycles. The Morgan fingerprint density at radius 3 is 2.79 bits per heavy atom. The molecule has 3 fully saturated rings. The van der Waals surface area contributed by atoms with Crippen molar-refractivity contribution in [2.24, 2.45) is 0 Å². The Bertz CT molecular complexity index is 1220. The van der Waals surface area contributed by atoms with E-state index in [-0.39, 0.29) is 12.0 Å². The quantitative estimate of drug-likeness (QED) is 0.356. The van der Waals surface area contributed by atoms with Crippen LogP contribution in [0, 0.1) is 0 Å². The Kier molecular flexibility index (Phi) is 5.84. The third-order valence-corrected chi connectivity index (χ3v) is 8.50. The molecule has 3 aliphatic rings. The number of methoxy groups -OCH3 is 1. The number of fused-ring (bicyclic) bond motifs is 3. The van der Waals surface area contributed by atoms with Crippen LogP contribution in [0.15, 0.2) is 36.5 Å². The smallest absolute Gasteiger partial charge is 0.274 e. The number of halogens is 1. The minimum atomic E-state index is -0.257. The number of carbonyl (C=O) groups is 1. The molecular formula is C25H28IN5O3. The average molecular weight is 573 g/mol. The summed E-state index contributed by atoms with van der Waals surface area (Å²) in [5.41, 5.74) is 1.88. The van der Waals surface area contributed by atoms with E-state index in [2.05, 4.69) is 48.7 Å². The first kappa shape index (κ1) is 22.1. The first-order valence-electron chi connectivity index (χ1n) is 11.9. The number of ether oxygens (including phenoxy) is 2. The molecule has 4 heterocycles. The molecule has 2 aromatic heterocycles. The van der Waals surface area contributed by atoms with Crippen molar-refractivity contribution < 1.29 is 14.3 Å². The van der Waals surface area contributed by atoms with Gasteiger partial charge in [0.2, 0.25) is 0 Å². The van der Waals surface area contributed by atoms with Gasteiger partial charge in [0.15, 0.2) is 0 Å². The van der Waals surface area contributed by atoms with Gasteiger partial charge in [-0.25, -0.2) is 4.98 Å². The highest BCUT2D eigenvalue weighted by atomic mass is 127. The molecule has 1 N–H and O–H groups in total. The molecule has 8 nitrogen and oxygen atoms in total. The van der Waals surface area contributed by atoms with Gasteiger partial charge in [-0.05, 0) is 50.3 Å². The van der Waals surface area contributed by atoms with Crippen LogP contribution in [0.4, 0.5) is 11.5 Å². The van der Waals surface area contributed by atoms with Crippen LogP contribution >= 0.6 is 22.6 Å². The predicted molar refractivity (Wildman–Crippen MR) is 139 cm³/mol. The zero-order chi connectivity index (χ0) is 23.2. The van der Waals surface area contributed by atoms with Crippen molar-refractivity contribution >= 4 is 50.9 Å². The number of alkyl halides is 1. The first-order valence-corrected chi connectivity index (χ1v) is 13.2. The van der Waals surface area contributed by atoms with Crippen molar-refractivity contribution in [1.82, 2.24) is 14.8 Å². The third-order valence-electron chi connectivity index (χ3n) is 7.25. The van der Waals surface area contributed by atoms with E-state index in [1.807, 2.05) is 24.3 Å². The maximum Gasteiger partial charge on any atom is 0.274 e. The molecule has 1 amide bonds. The summed E-state index contributed by atoms with van der Waals surface area (Å²) in [5.74, 6) is 1.16. The summed E-state index contributed by atoms with van der Waals surface area (Å²) in [4.78, 5) is 20.0. The van der Waals surface area contributed by atoms with Gasteiger partial charge < -0.3 is 19.7 Å². The number of hydrogen-bond donors (Lipinski definition) is 1. The summed E-state index contributed by atoms with van der Waals surface area (Å²) >= 11 is 2.55. The number of pyridine rings is 1. The van der Waals surface area contributed by atoms with E-state index in [4.69, 9.17) is 14.6 Å². The molecule has 1 aromatic carbocycles. The number of anilines is 2. The summed E-state index contributed by atoms with van der Waals surface area (Å²) in [5, 5.41) is 8.81. The Morgan fingerprint density at radius 1 is 1.21 bits per heavy atom. The third kappa shape index (κ3) is 4.13. The topological polar surface area (TPSA) is 81.5 Å². The lowest BCUT2D eigenvalue weighted by Crippen LogP contribution is -2.37. The molecule has 0 radical (unpaired) electrons. The summed E-state index contributed by atoms with van der Waals surface area (Å²) < 4.78 is 14.1. The van der Waals surface area contributed by atoms with Gasteiger partial charge in [-0.2, -0.15) is 5.10 Å². The van der Waals surface area contributed by atoms with Gasteiger partial charge in [-0.3, -0.25) is 9.48 Å². The highest BCUT2D eigenvalue weighted by Crippen LogP contribution is 2.35. The molecule has 2 saturated heterocycles. The fourth-order valence-corrected chi connectivity index (χ4v) is 6.12. The number of hydrogen-bond acceptors (Lipinski definition) is 6. The van der Waals surface area contributed by atoms with Crippen molar-refractivity contribution in [3.8, 4) is 5.75 Å². The molecule has 2 bridgehead atoms. The predicted octanol–water partition coefficient (Wildman–Crippen LogP) is 4.59. The molecular weight excluding hydrogens is 545 g/mol. The van der Waals surface area contributed by atoms with Gasteiger partial charge in [0.1, 0.15) is 17.3 Å². The highest BCUT2D eigenvalue weighted by Gasteiger charge is 2.39. The zero-order valence-electron chi connectivity index (χ0n) is 19.1. The molecule has 1 saturated carbocycles. The standard InChI is InChI=1S/C25H28IN5O3/c1-33-23-11-21-15(12-31(29-21)17-7-5-16(26)6-8-17)9-22(23)28-25(32)20-3-2-4-24(27-20)30-13-19-10-18(30)14-34-19/h2-4,9,11-12,16-19H,5-8,10,13-14H2,1H3,(H,28,32)/t16?,17?,18-,19-/m0/s1. The normalized spacial score (nSPS) is 26.2. The number of benzene rings is 1. The van der Waals surface area contributed by atoms with E-state index >= 15 is 0 Å². The molecule has 0 spiro atoms. The Balaban J connectivity index is 1.23. The lowest BCUT2D eigenvalue weighted by atomic mass is 9.96. The zero-order valence-corrected chi connectivity index (χ0v) is 21.3. The SMILES string of the molecule is COc1cc2nn(C3CCC(I)CC3)cc2cc1NC(=O)c1cccc(N2C[C@@H]3C[C@H]2CO3)n1. The number of nitrogens with one attached hydrogen (secondary N) is 1. The molecule has 6 rings (SSSR count). The van der Waals surface area contributed by atoms with E-state index in [9.17, 15) is 4.79 Å². The number of morpholine rings is 1. The summed E-state index contributed by atoms with van der Waals surface area (Å²) in [6.07, 6.45) is 8.14. The monoisotopic (exact) mass is 573 g/mol. The van der Waals surface area contributed by atoms with Crippen LogP contribution in [0.1, 0.15) is 48.6 Å². The van der Waals surface area contributed by atoms with Crippen molar-refractivity contribution in [1.29, 1.82) is 0 Å². The fraction of sp³-hybridized carbons (Fsp3) is 0.480. The number of aromatic nitrogens is 3. The maximum atomic E-state index is 13.1. The van der Waals surface area contributed by atoms with Crippen LogP contribution in [0.25, 0.3) is 10.9 Å². The molecule has 34 heavy (non-hydrogen) atoms. The van der Waals surface area contributed by atoms with E-state index in [0.717, 1.165) is 53.1 Å². The van der Waals surface area contributed by atoms with Gasteiger partial charge in [0, 0.05) is 28.1 Å². The van der Waals surface area contributed by atoms with Gasteiger partial charge >= 0.3 is 0 Å². The van der Waals surface area contributed by atoms with Gasteiger partial charge in [0.05, 0.1) is 43.1 Å². The first-order chi connectivity index (χ1) is 16.6. The Morgan fingerprint density at radius 2 is 2.06 bits per heavy atom. The lowest BCUT2D eigenvalue weighted by molar-refractivity contribution is 0.0988. The van der Waals surface area contributed by atoms with Crippen LogP contribution in [0.5, 0.6) is 5.75 Å². The summed E-state index contributed by atoms with van der Waals surface area (Å²) in [7, 11) is 1.61. The van der Waals surface area contributed by atoms with Crippen LogP contribution in [0.3, 0.4) is 0 Å². The molecule has 178 valence electrons. The van der Waals surface area contributed by atoms with Crippen LogP contribution < -0.4 is 15.0 Å². The van der Waals surface area contributed by atoms with Crippen molar-refractivity contribution in [3.05, 3.63) is 42.2 Å². The molecule has 2 aliphatic heterocycles. The Hall–Kier alpha value is -2.40. The average Bonchev–Trinajstić information content (AvgIpc) is 3.60. The van der Waals surface area contributed by atoms with Gasteiger partial charge in [-0.1, -0.05) is 28.7 Å². The number of carbonyl (C=O) groups excluding carboxylic acids is 1. The maximum absolute atomic E-state index is 13.1. The number of rotatable bonds is 5. The minimum Gasteiger partial charge on any atom is -0.494 e. The second kappa shape index (κ2) is 8.99. The molecule has 0 unspecified atom stereocenters. The molecule has 3 aromatic rings. The van der Waals surface area contributed by atoms with Crippen LogP contribution in [-0.4, -0.2) is 57.0 Å². The van der Waals surface area contributed by atoms with Crippen LogP contribution in [0.2, 0.25) is 0 Å². The van der Waals surface area contributed by atoms with E-state index in [1.54, 1.807) is 13.2 Å². The molecule has 9 heteroatoms. The van der Waals surface area contributed by atoms with Crippen LogP contribution in [-0.2, 0) is 4.74 Å². The van der Waals surface area contributed by atoms with Crippen molar-refractivity contribution in [2.45, 2.75) is 54.2 Å². The molecule has 2 atom stereocenters. The second-order valence-corrected chi connectivity index (χ2v) is 11.2. The minimum absolute atomic E-state index is 0.257. The fourth-order valence-electron chi connectivity index (χ4n) is 5.40. The Labute approximate surface area is 212 Å². The van der Waals surface area contributed by atoms with Gasteiger partial charge in [0.25, 0.3) is 5.91 Å². The summed E-state index contributed by atoms with van der Waals surface area (Å²) in [6, 6.07) is 10.2. The lowest BCUT2D eigenvalue weighted by Gasteiger charge is -2.28. The van der Waals surface area contributed by atoms with Gasteiger partial charge in [-0.15, -0.1) is 0 Å². The second-order valence-electron chi connectivity index (χ2n) is 9.46. The highest BCUT2D eigenvalue weighted by molar-refractivity contribution is 14.1. The largest absolute Gasteiger partial charge is 0.494 e. The number of amides is 1. The summed E-state index contributed by atoms with van der Waals surface area (Å²) in [6.45, 7) is 1.56. The van der Waals surface area contributed by atoms with Crippen molar-refractivity contribution in [2.75, 3.05) is 30.5 Å².